The highest BCUT2D eigenvalue weighted by atomic mass is 16.2. The van der Waals surface area contributed by atoms with Crippen molar-refractivity contribution in [2.45, 2.75) is 19.3 Å². The number of rotatable bonds is 1. The minimum absolute atomic E-state index is 0.330. The SMILES string of the molecule is CN1CCC(C(=O)N2CCC2)CC1. The Kier molecular flexibility index (Phi) is 2.54. The van der Waals surface area contributed by atoms with Crippen molar-refractivity contribution < 1.29 is 4.79 Å². The Labute approximate surface area is 79.7 Å². The first-order chi connectivity index (χ1) is 6.27. The van der Waals surface area contributed by atoms with Crippen molar-refractivity contribution in [3.8, 4) is 0 Å². The van der Waals surface area contributed by atoms with Gasteiger partial charge >= 0.3 is 0 Å². The molecule has 0 aliphatic carbocycles. The maximum atomic E-state index is 11.8. The molecule has 0 unspecified atom stereocenters. The number of hydrogen-bond acceptors (Lipinski definition) is 2. The Balaban J connectivity index is 1.83. The van der Waals surface area contributed by atoms with Crippen LogP contribution in [0, 0.1) is 5.92 Å². The fourth-order valence-electron chi connectivity index (χ4n) is 2.05. The van der Waals surface area contributed by atoms with E-state index >= 15 is 0 Å². The van der Waals surface area contributed by atoms with Crippen molar-refractivity contribution in [3.05, 3.63) is 0 Å². The molecule has 13 heavy (non-hydrogen) atoms. The lowest BCUT2D eigenvalue weighted by molar-refractivity contribution is -0.140. The summed E-state index contributed by atoms with van der Waals surface area (Å²) in [6.07, 6.45) is 3.33. The van der Waals surface area contributed by atoms with E-state index in [0.717, 1.165) is 39.0 Å². The molecule has 0 bridgehead atoms. The molecule has 3 nitrogen and oxygen atoms in total. The zero-order valence-electron chi connectivity index (χ0n) is 8.33. The van der Waals surface area contributed by atoms with Crippen LogP contribution in [-0.4, -0.2) is 48.9 Å². The fourth-order valence-corrected chi connectivity index (χ4v) is 2.05. The van der Waals surface area contributed by atoms with Gasteiger partial charge in [0.2, 0.25) is 5.91 Å². The van der Waals surface area contributed by atoms with Crippen LogP contribution >= 0.6 is 0 Å². The molecule has 2 rings (SSSR count). The molecular formula is C10H18N2O. The lowest BCUT2D eigenvalue weighted by Gasteiger charge is -2.36. The van der Waals surface area contributed by atoms with E-state index in [-0.39, 0.29) is 0 Å². The molecule has 0 aromatic rings. The summed E-state index contributed by atoms with van der Waals surface area (Å²) in [5.74, 6) is 0.746. The number of nitrogens with zero attached hydrogens (tertiary/aromatic N) is 2. The third-order valence-electron chi connectivity index (χ3n) is 3.24. The Morgan fingerprint density at radius 2 is 1.77 bits per heavy atom. The van der Waals surface area contributed by atoms with E-state index in [1.165, 1.54) is 6.42 Å². The van der Waals surface area contributed by atoms with Crippen molar-refractivity contribution in [1.29, 1.82) is 0 Å². The molecule has 0 atom stereocenters. The van der Waals surface area contributed by atoms with Gasteiger partial charge in [-0.3, -0.25) is 4.79 Å². The fraction of sp³-hybridized carbons (Fsp3) is 0.900. The zero-order chi connectivity index (χ0) is 9.26. The monoisotopic (exact) mass is 182 g/mol. The van der Waals surface area contributed by atoms with E-state index < -0.39 is 0 Å². The third kappa shape index (κ3) is 1.85. The van der Waals surface area contributed by atoms with Crippen LogP contribution in [0.25, 0.3) is 0 Å². The topological polar surface area (TPSA) is 23.6 Å². The standard InChI is InChI=1S/C10H18N2O/c1-11-7-3-9(4-8-11)10(13)12-5-2-6-12/h9H,2-8H2,1H3. The van der Waals surface area contributed by atoms with Gasteiger partial charge in [-0.25, -0.2) is 0 Å². The zero-order valence-corrected chi connectivity index (χ0v) is 8.33. The van der Waals surface area contributed by atoms with E-state index in [1.54, 1.807) is 0 Å². The Bertz CT molecular complexity index is 193. The van der Waals surface area contributed by atoms with E-state index in [1.807, 2.05) is 4.90 Å². The summed E-state index contributed by atoms with van der Waals surface area (Å²) in [5, 5.41) is 0. The van der Waals surface area contributed by atoms with E-state index in [0.29, 0.717) is 11.8 Å². The number of hydrogen-bond donors (Lipinski definition) is 0. The second-order valence-corrected chi connectivity index (χ2v) is 4.26. The number of amides is 1. The Morgan fingerprint density at radius 3 is 2.23 bits per heavy atom. The maximum absolute atomic E-state index is 11.8. The molecule has 0 radical (unpaired) electrons. The summed E-state index contributed by atoms with van der Waals surface area (Å²) < 4.78 is 0. The summed E-state index contributed by atoms with van der Waals surface area (Å²) in [7, 11) is 2.13. The Hall–Kier alpha value is -0.570. The van der Waals surface area contributed by atoms with Crippen molar-refractivity contribution in [1.82, 2.24) is 9.80 Å². The molecular weight excluding hydrogens is 164 g/mol. The number of piperidine rings is 1. The van der Waals surface area contributed by atoms with Gasteiger partial charge in [0.1, 0.15) is 0 Å². The van der Waals surface area contributed by atoms with Crippen LogP contribution in [-0.2, 0) is 4.79 Å². The smallest absolute Gasteiger partial charge is 0.225 e. The molecule has 1 amide bonds. The van der Waals surface area contributed by atoms with Crippen LogP contribution in [0.1, 0.15) is 19.3 Å². The minimum atomic E-state index is 0.330. The predicted molar refractivity (Wildman–Crippen MR) is 51.4 cm³/mol. The van der Waals surface area contributed by atoms with Gasteiger partial charge in [0.25, 0.3) is 0 Å². The first-order valence-corrected chi connectivity index (χ1v) is 5.25. The highest BCUT2D eigenvalue weighted by Gasteiger charge is 2.29. The number of carbonyl (C=O) groups excluding carboxylic acids is 1. The molecule has 74 valence electrons. The second kappa shape index (κ2) is 3.66. The summed E-state index contributed by atoms with van der Waals surface area (Å²) in [5.41, 5.74) is 0. The molecule has 0 aromatic carbocycles. The summed E-state index contributed by atoms with van der Waals surface area (Å²) >= 11 is 0. The first kappa shape index (κ1) is 9.00. The molecule has 2 heterocycles. The quantitative estimate of drug-likeness (QED) is 0.591. The molecule has 0 aromatic heterocycles. The summed E-state index contributed by atoms with van der Waals surface area (Å²) in [6.45, 7) is 4.19. The molecule has 2 saturated heterocycles. The highest BCUT2D eigenvalue weighted by Crippen LogP contribution is 2.21. The van der Waals surface area contributed by atoms with Gasteiger partial charge in [-0.05, 0) is 39.4 Å². The third-order valence-corrected chi connectivity index (χ3v) is 3.24. The van der Waals surface area contributed by atoms with Crippen LogP contribution in [0.15, 0.2) is 0 Å². The van der Waals surface area contributed by atoms with Crippen LogP contribution in [0.3, 0.4) is 0 Å². The van der Waals surface area contributed by atoms with Gasteiger partial charge in [-0.15, -0.1) is 0 Å². The normalized spacial score (nSPS) is 25.8. The highest BCUT2D eigenvalue weighted by molar-refractivity contribution is 5.79. The average Bonchev–Trinajstić information content (AvgIpc) is 2.02. The molecule has 0 spiro atoms. The van der Waals surface area contributed by atoms with Gasteiger partial charge in [-0.2, -0.15) is 0 Å². The average molecular weight is 182 g/mol. The van der Waals surface area contributed by atoms with E-state index in [9.17, 15) is 4.79 Å². The number of carbonyl (C=O) groups is 1. The van der Waals surface area contributed by atoms with Crippen molar-refractivity contribution >= 4 is 5.91 Å². The van der Waals surface area contributed by atoms with Crippen molar-refractivity contribution in [3.63, 3.8) is 0 Å². The molecule has 2 aliphatic rings. The molecule has 0 saturated carbocycles. The largest absolute Gasteiger partial charge is 0.342 e. The Morgan fingerprint density at radius 1 is 1.15 bits per heavy atom. The van der Waals surface area contributed by atoms with Crippen molar-refractivity contribution in [2.75, 3.05) is 33.2 Å². The van der Waals surface area contributed by atoms with Gasteiger partial charge in [0.05, 0.1) is 0 Å². The lowest BCUT2D eigenvalue weighted by Crippen LogP contribution is -2.47. The van der Waals surface area contributed by atoms with E-state index in [2.05, 4.69) is 11.9 Å². The minimum Gasteiger partial charge on any atom is -0.342 e. The second-order valence-electron chi connectivity index (χ2n) is 4.26. The van der Waals surface area contributed by atoms with Crippen LogP contribution in [0.5, 0.6) is 0 Å². The number of likely N-dealkylation sites (tertiary alicyclic amines) is 2. The predicted octanol–water partition coefficient (Wildman–Crippen LogP) is 0.560. The molecule has 3 heteroatoms. The molecule has 2 aliphatic heterocycles. The maximum Gasteiger partial charge on any atom is 0.225 e. The first-order valence-electron chi connectivity index (χ1n) is 5.25. The van der Waals surface area contributed by atoms with Gasteiger partial charge in [-0.1, -0.05) is 0 Å². The summed E-state index contributed by atoms with van der Waals surface area (Å²) in [4.78, 5) is 16.1. The van der Waals surface area contributed by atoms with Crippen LogP contribution in [0.4, 0.5) is 0 Å². The molecule has 2 fully saturated rings. The van der Waals surface area contributed by atoms with Gasteiger partial charge in [0, 0.05) is 19.0 Å². The lowest BCUT2D eigenvalue weighted by atomic mass is 9.94. The summed E-state index contributed by atoms with van der Waals surface area (Å²) in [6, 6.07) is 0. The van der Waals surface area contributed by atoms with Crippen LogP contribution in [0.2, 0.25) is 0 Å². The molecule has 0 N–H and O–H groups in total. The van der Waals surface area contributed by atoms with Crippen LogP contribution < -0.4 is 0 Å². The van der Waals surface area contributed by atoms with E-state index in [4.69, 9.17) is 0 Å². The van der Waals surface area contributed by atoms with Gasteiger partial charge in [0.15, 0.2) is 0 Å². The van der Waals surface area contributed by atoms with Gasteiger partial charge < -0.3 is 9.80 Å². The van der Waals surface area contributed by atoms with Crippen molar-refractivity contribution in [2.24, 2.45) is 5.92 Å².